The van der Waals surface area contributed by atoms with Crippen molar-refractivity contribution in [2.75, 3.05) is 7.05 Å². The Morgan fingerprint density at radius 1 is 1.14 bits per heavy atom. The van der Waals surface area contributed by atoms with Gasteiger partial charge >= 0.3 is 0 Å². The standard InChI is InChI=1S/C18H20N2S/c1-13(2)15-5-7-17(8-6-15)21-18-9-4-14(12-20-3)10-16(18)11-19/h4-10,13,20H,12H2,1-3H3. The Labute approximate surface area is 131 Å². The quantitative estimate of drug-likeness (QED) is 0.879. The van der Waals surface area contributed by atoms with Crippen LogP contribution in [0.3, 0.4) is 0 Å². The van der Waals surface area contributed by atoms with Gasteiger partial charge in [0.25, 0.3) is 0 Å². The van der Waals surface area contributed by atoms with Gasteiger partial charge in [0, 0.05) is 16.3 Å². The summed E-state index contributed by atoms with van der Waals surface area (Å²) >= 11 is 1.64. The van der Waals surface area contributed by atoms with E-state index in [0.717, 1.165) is 27.5 Å². The van der Waals surface area contributed by atoms with E-state index in [1.165, 1.54) is 5.56 Å². The van der Waals surface area contributed by atoms with Crippen LogP contribution in [0.25, 0.3) is 0 Å². The Hall–Kier alpha value is -1.76. The molecule has 0 aliphatic carbocycles. The molecule has 0 atom stereocenters. The lowest BCUT2D eigenvalue weighted by Gasteiger charge is -2.09. The highest BCUT2D eigenvalue weighted by atomic mass is 32.2. The average Bonchev–Trinajstić information content (AvgIpc) is 2.49. The molecule has 0 saturated heterocycles. The first kappa shape index (κ1) is 15.6. The minimum atomic E-state index is 0.541. The third-order valence-corrected chi connectivity index (χ3v) is 4.40. The summed E-state index contributed by atoms with van der Waals surface area (Å²) in [6.45, 7) is 5.16. The van der Waals surface area contributed by atoms with E-state index in [-0.39, 0.29) is 0 Å². The number of rotatable bonds is 5. The molecule has 108 valence electrons. The van der Waals surface area contributed by atoms with Crippen molar-refractivity contribution in [1.29, 1.82) is 5.26 Å². The highest BCUT2D eigenvalue weighted by Crippen LogP contribution is 2.31. The van der Waals surface area contributed by atoms with E-state index in [2.05, 4.69) is 55.6 Å². The summed E-state index contributed by atoms with van der Waals surface area (Å²) in [6, 6.07) is 16.9. The van der Waals surface area contributed by atoms with Gasteiger partial charge in [0.15, 0.2) is 0 Å². The number of hydrogen-bond donors (Lipinski definition) is 1. The number of nitrogens with one attached hydrogen (secondary N) is 1. The zero-order valence-electron chi connectivity index (χ0n) is 12.7. The van der Waals surface area contributed by atoms with Crippen molar-refractivity contribution in [2.24, 2.45) is 0 Å². The van der Waals surface area contributed by atoms with E-state index in [1.807, 2.05) is 19.2 Å². The second-order valence-corrected chi connectivity index (χ2v) is 6.41. The summed E-state index contributed by atoms with van der Waals surface area (Å²) in [5.74, 6) is 0.541. The molecule has 0 saturated carbocycles. The maximum Gasteiger partial charge on any atom is 0.100 e. The number of hydrogen-bond acceptors (Lipinski definition) is 3. The summed E-state index contributed by atoms with van der Waals surface area (Å²) in [7, 11) is 1.91. The first-order valence-corrected chi connectivity index (χ1v) is 7.91. The molecular weight excluding hydrogens is 276 g/mol. The third kappa shape index (κ3) is 4.10. The second-order valence-electron chi connectivity index (χ2n) is 5.30. The van der Waals surface area contributed by atoms with Gasteiger partial charge in [0.2, 0.25) is 0 Å². The van der Waals surface area contributed by atoms with Crippen LogP contribution in [0.4, 0.5) is 0 Å². The lowest BCUT2D eigenvalue weighted by molar-refractivity contribution is 0.816. The summed E-state index contributed by atoms with van der Waals surface area (Å²) in [6.07, 6.45) is 0. The lowest BCUT2D eigenvalue weighted by atomic mass is 10.0. The Kier molecular flexibility index (Phi) is 5.44. The largest absolute Gasteiger partial charge is 0.316 e. The molecule has 2 nitrogen and oxygen atoms in total. The molecular formula is C18H20N2S. The molecule has 21 heavy (non-hydrogen) atoms. The normalized spacial score (nSPS) is 10.6. The highest BCUT2D eigenvalue weighted by Gasteiger charge is 2.06. The predicted molar refractivity (Wildman–Crippen MR) is 88.6 cm³/mol. The van der Waals surface area contributed by atoms with E-state index in [1.54, 1.807) is 11.8 Å². The van der Waals surface area contributed by atoms with Gasteiger partial charge in [-0.15, -0.1) is 0 Å². The highest BCUT2D eigenvalue weighted by molar-refractivity contribution is 7.99. The smallest absolute Gasteiger partial charge is 0.100 e. The van der Waals surface area contributed by atoms with Crippen molar-refractivity contribution in [3.63, 3.8) is 0 Å². The number of nitrogens with zero attached hydrogens (tertiary/aromatic N) is 1. The minimum absolute atomic E-state index is 0.541. The minimum Gasteiger partial charge on any atom is -0.316 e. The maximum atomic E-state index is 9.32. The Morgan fingerprint density at radius 2 is 1.86 bits per heavy atom. The fraction of sp³-hybridized carbons (Fsp3) is 0.278. The van der Waals surface area contributed by atoms with Gasteiger partial charge in [0.05, 0.1) is 5.56 Å². The van der Waals surface area contributed by atoms with Gasteiger partial charge in [-0.05, 0) is 48.4 Å². The van der Waals surface area contributed by atoms with Crippen molar-refractivity contribution in [2.45, 2.75) is 36.1 Å². The van der Waals surface area contributed by atoms with Crippen LogP contribution in [0, 0.1) is 11.3 Å². The van der Waals surface area contributed by atoms with Crippen LogP contribution in [-0.2, 0) is 6.54 Å². The van der Waals surface area contributed by atoms with Gasteiger partial charge in [-0.25, -0.2) is 0 Å². The van der Waals surface area contributed by atoms with Crippen LogP contribution in [-0.4, -0.2) is 7.05 Å². The fourth-order valence-corrected chi connectivity index (χ4v) is 2.99. The van der Waals surface area contributed by atoms with Crippen molar-refractivity contribution in [1.82, 2.24) is 5.32 Å². The number of nitriles is 1. The van der Waals surface area contributed by atoms with Crippen molar-refractivity contribution in [3.8, 4) is 6.07 Å². The van der Waals surface area contributed by atoms with Crippen LogP contribution in [0.1, 0.15) is 36.5 Å². The molecule has 3 heteroatoms. The summed E-state index contributed by atoms with van der Waals surface area (Å²) in [4.78, 5) is 2.17. The molecule has 0 unspecified atom stereocenters. The van der Waals surface area contributed by atoms with Gasteiger partial charge < -0.3 is 5.32 Å². The Morgan fingerprint density at radius 3 is 2.43 bits per heavy atom. The molecule has 2 rings (SSSR count). The zero-order valence-corrected chi connectivity index (χ0v) is 13.5. The van der Waals surface area contributed by atoms with Crippen molar-refractivity contribution < 1.29 is 0 Å². The topological polar surface area (TPSA) is 35.8 Å². The molecule has 0 aliphatic heterocycles. The molecule has 0 bridgehead atoms. The molecule has 2 aromatic carbocycles. The molecule has 0 amide bonds. The molecule has 0 spiro atoms. The third-order valence-electron chi connectivity index (χ3n) is 3.32. The van der Waals surface area contributed by atoms with Crippen molar-refractivity contribution in [3.05, 3.63) is 59.2 Å². The van der Waals surface area contributed by atoms with E-state index in [9.17, 15) is 5.26 Å². The van der Waals surface area contributed by atoms with E-state index in [0.29, 0.717) is 5.92 Å². The zero-order chi connectivity index (χ0) is 15.2. The monoisotopic (exact) mass is 296 g/mol. The molecule has 0 aliphatic rings. The first-order valence-electron chi connectivity index (χ1n) is 7.09. The number of benzene rings is 2. The molecule has 0 radical (unpaired) electrons. The second kappa shape index (κ2) is 7.31. The molecule has 0 heterocycles. The van der Waals surface area contributed by atoms with Gasteiger partial charge in [-0.2, -0.15) is 5.26 Å². The van der Waals surface area contributed by atoms with Crippen LogP contribution < -0.4 is 5.32 Å². The first-order chi connectivity index (χ1) is 10.1. The summed E-state index contributed by atoms with van der Waals surface area (Å²) in [5.41, 5.74) is 3.21. The van der Waals surface area contributed by atoms with E-state index < -0.39 is 0 Å². The Bertz CT molecular complexity index is 639. The van der Waals surface area contributed by atoms with Gasteiger partial charge in [-0.1, -0.05) is 43.8 Å². The van der Waals surface area contributed by atoms with Crippen molar-refractivity contribution >= 4 is 11.8 Å². The van der Waals surface area contributed by atoms with Crippen LogP contribution in [0.5, 0.6) is 0 Å². The molecule has 0 aromatic heterocycles. The summed E-state index contributed by atoms with van der Waals surface area (Å²) < 4.78 is 0. The fourth-order valence-electron chi connectivity index (χ4n) is 2.12. The molecule has 0 fully saturated rings. The van der Waals surface area contributed by atoms with Crippen LogP contribution in [0.15, 0.2) is 52.3 Å². The maximum absolute atomic E-state index is 9.32. The van der Waals surface area contributed by atoms with E-state index >= 15 is 0 Å². The lowest BCUT2D eigenvalue weighted by Crippen LogP contribution is -2.05. The van der Waals surface area contributed by atoms with Gasteiger partial charge in [-0.3, -0.25) is 0 Å². The Balaban J connectivity index is 2.21. The molecule has 2 aromatic rings. The predicted octanol–water partition coefficient (Wildman–Crippen LogP) is 4.55. The SMILES string of the molecule is CNCc1ccc(Sc2ccc(C(C)C)cc2)c(C#N)c1. The molecule has 1 N–H and O–H groups in total. The van der Waals surface area contributed by atoms with Gasteiger partial charge in [0.1, 0.15) is 6.07 Å². The average molecular weight is 296 g/mol. The summed E-state index contributed by atoms with van der Waals surface area (Å²) in [5, 5.41) is 12.4. The van der Waals surface area contributed by atoms with Crippen LogP contribution >= 0.6 is 11.8 Å². The van der Waals surface area contributed by atoms with Crippen LogP contribution in [0.2, 0.25) is 0 Å². The van der Waals surface area contributed by atoms with E-state index in [4.69, 9.17) is 0 Å².